The number of hydrogen-bond donors (Lipinski definition) is 0. The molecule has 1 aromatic rings. The smallest absolute Gasteiger partial charge is 0.236 e. The molecule has 2 saturated heterocycles. The van der Waals surface area contributed by atoms with Crippen molar-refractivity contribution in [2.75, 3.05) is 56.2 Å². The van der Waals surface area contributed by atoms with Gasteiger partial charge in [-0.2, -0.15) is 0 Å². The van der Waals surface area contributed by atoms with Gasteiger partial charge < -0.3 is 9.80 Å². The number of likely N-dealkylation sites (N-methyl/N-ethyl adjacent to an activating group) is 1. The van der Waals surface area contributed by atoms with Crippen molar-refractivity contribution in [3.05, 3.63) is 24.4 Å². The minimum absolute atomic E-state index is 0.00314. The van der Waals surface area contributed by atoms with Crippen molar-refractivity contribution >= 4 is 21.6 Å². The first-order valence-corrected chi connectivity index (χ1v) is 10.1. The number of piperazine rings is 1. The van der Waals surface area contributed by atoms with E-state index in [-0.39, 0.29) is 23.5 Å². The number of sulfone groups is 1. The lowest BCUT2D eigenvalue weighted by Crippen LogP contribution is -2.51. The SMILES string of the molecule is CN(C(=O)CN1CCN(c2ccccn2)CC1)C1CCS(=O)(=O)C1. The summed E-state index contributed by atoms with van der Waals surface area (Å²) in [4.78, 5) is 22.7. The van der Waals surface area contributed by atoms with Crippen LogP contribution < -0.4 is 4.90 Å². The first-order chi connectivity index (χ1) is 11.4. The Morgan fingerprint density at radius 1 is 1.29 bits per heavy atom. The quantitative estimate of drug-likeness (QED) is 0.750. The molecule has 3 heterocycles. The van der Waals surface area contributed by atoms with Crippen LogP contribution in [0, 0.1) is 0 Å². The molecule has 1 atom stereocenters. The van der Waals surface area contributed by atoms with E-state index in [4.69, 9.17) is 0 Å². The third kappa shape index (κ3) is 4.05. The molecule has 0 spiro atoms. The average Bonchev–Trinajstić information content (AvgIpc) is 2.95. The lowest BCUT2D eigenvalue weighted by molar-refractivity contribution is -0.132. The summed E-state index contributed by atoms with van der Waals surface area (Å²) < 4.78 is 23.1. The Morgan fingerprint density at radius 2 is 2.04 bits per heavy atom. The van der Waals surface area contributed by atoms with Gasteiger partial charge in [-0.3, -0.25) is 9.69 Å². The number of anilines is 1. The Bertz CT molecular complexity index is 672. The monoisotopic (exact) mass is 352 g/mol. The van der Waals surface area contributed by atoms with E-state index in [2.05, 4.69) is 14.8 Å². The molecule has 8 heteroatoms. The minimum Gasteiger partial charge on any atom is -0.354 e. The molecule has 0 aromatic carbocycles. The van der Waals surface area contributed by atoms with Crippen LogP contribution in [-0.4, -0.2) is 86.4 Å². The first-order valence-electron chi connectivity index (χ1n) is 8.29. The molecule has 7 nitrogen and oxygen atoms in total. The van der Waals surface area contributed by atoms with Crippen LogP contribution in [0.3, 0.4) is 0 Å². The predicted octanol–water partition coefficient (Wildman–Crippen LogP) is -0.151. The van der Waals surface area contributed by atoms with E-state index in [0.29, 0.717) is 13.0 Å². The van der Waals surface area contributed by atoms with Gasteiger partial charge in [0.25, 0.3) is 0 Å². The molecule has 0 saturated carbocycles. The summed E-state index contributed by atoms with van der Waals surface area (Å²) in [6, 6.07) is 5.70. The van der Waals surface area contributed by atoms with Gasteiger partial charge in [0.05, 0.1) is 18.1 Å². The lowest BCUT2D eigenvalue weighted by Gasteiger charge is -2.36. The summed E-state index contributed by atoms with van der Waals surface area (Å²) >= 11 is 0. The van der Waals surface area contributed by atoms with E-state index in [1.54, 1.807) is 18.1 Å². The second kappa shape index (κ2) is 7.06. The number of pyridine rings is 1. The Morgan fingerprint density at radius 3 is 2.62 bits per heavy atom. The van der Waals surface area contributed by atoms with Gasteiger partial charge >= 0.3 is 0 Å². The van der Waals surface area contributed by atoms with Crippen LogP contribution in [0.25, 0.3) is 0 Å². The van der Waals surface area contributed by atoms with Crippen molar-refractivity contribution in [3.63, 3.8) is 0 Å². The normalized spacial score (nSPS) is 24.0. The van der Waals surface area contributed by atoms with E-state index in [0.717, 1.165) is 32.0 Å². The van der Waals surface area contributed by atoms with Crippen molar-refractivity contribution in [2.24, 2.45) is 0 Å². The summed E-state index contributed by atoms with van der Waals surface area (Å²) in [5, 5.41) is 0. The fourth-order valence-corrected chi connectivity index (χ4v) is 5.04. The summed E-state index contributed by atoms with van der Waals surface area (Å²) in [5.74, 6) is 1.26. The second-order valence-electron chi connectivity index (χ2n) is 6.51. The minimum atomic E-state index is -2.97. The summed E-state index contributed by atoms with van der Waals surface area (Å²) in [6.07, 6.45) is 2.34. The largest absolute Gasteiger partial charge is 0.354 e. The number of nitrogens with zero attached hydrogens (tertiary/aromatic N) is 4. The molecule has 0 aliphatic carbocycles. The van der Waals surface area contributed by atoms with Crippen molar-refractivity contribution in [3.8, 4) is 0 Å². The fourth-order valence-electron chi connectivity index (χ4n) is 3.26. The number of aromatic nitrogens is 1. The Kier molecular flexibility index (Phi) is 5.05. The molecule has 1 aromatic heterocycles. The van der Waals surface area contributed by atoms with Crippen LogP contribution in [0.5, 0.6) is 0 Å². The van der Waals surface area contributed by atoms with Crippen molar-refractivity contribution in [1.82, 2.24) is 14.8 Å². The summed E-state index contributed by atoms with van der Waals surface area (Å²) in [7, 11) is -1.25. The predicted molar refractivity (Wildman–Crippen MR) is 92.7 cm³/mol. The molecule has 24 heavy (non-hydrogen) atoms. The number of hydrogen-bond acceptors (Lipinski definition) is 6. The maximum Gasteiger partial charge on any atom is 0.236 e. The topological polar surface area (TPSA) is 73.8 Å². The standard InChI is InChI=1S/C16H24N4O3S/c1-18(14-5-11-24(22,23)13-14)16(21)12-19-7-9-20(10-8-19)15-4-2-3-6-17-15/h2-4,6,14H,5,7-13H2,1H3. The van der Waals surface area contributed by atoms with Crippen LogP contribution in [0.4, 0.5) is 5.82 Å². The third-order valence-corrected chi connectivity index (χ3v) is 6.60. The van der Waals surface area contributed by atoms with Gasteiger partial charge in [-0.15, -0.1) is 0 Å². The van der Waals surface area contributed by atoms with Crippen LogP contribution in [0.15, 0.2) is 24.4 Å². The highest BCUT2D eigenvalue weighted by Crippen LogP contribution is 2.17. The molecule has 0 radical (unpaired) electrons. The van der Waals surface area contributed by atoms with Crippen LogP contribution in [0.2, 0.25) is 0 Å². The first kappa shape index (κ1) is 17.2. The Balaban J connectivity index is 1.48. The van der Waals surface area contributed by atoms with Gasteiger partial charge in [0, 0.05) is 45.5 Å². The Labute approximate surface area is 143 Å². The average molecular weight is 352 g/mol. The molecule has 3 rings (SSSR count). The molecular formula is C16H24N4O3S. The summed E-state index contributed by atoms with van der Waals surface area (Å²) in [6.45, 7) is 3.64. The highest BCUT2D eigenvalue weighted by molar-refractivity contribution is 7.91. The van der Waals surface area contributed by atoms with Gasteiger partial charge in [0.15, 0.2) is 9.84 Å². The van der Waals surface area contributed by atoms with Gasteiger partial charge in [-0.1, -0.05) is 6.07 Å². The van der Waals surface area contributed by atoms with Crippen LogP contribution in [-0.2, 0) is 14.6 Å². The van der Waals surface area contributed by atoms with Crippen molar-refractivity contribution < 1.29 is 13.2 Å². The van der Waals surface area contributed by atoms with E-state index in [1.807, 2.05) is 18.2 Å². The Hall–Kier alpha value is -1.67. The molecular weight excluding hydrogens is 328 g/mol. The lowest BCUT2D eigenvalue weighted by atomic mass is 10.2. The van der Waals surface area contributed by atoms with Crippen LogP contribution >= 0.6 is 0 Å². The zero-order chi connectivity index (χ0) is 17.2. The molecule has 0 N–H and O–H groups in total. The van der Waals surface area contributed by atoms with Crippen molar-refractivity contribution in [2.45, 2.75) is 12.5 Å². The zero-order valence-electron chi connectivity index (χ0n) is 14.0. The molecule has 2 aliphatic rings. The summed E-state index contributed by atoms with van der Waals surface area (Å²) in [5.41, 5.74) is 0. The highest BCUT2D eigenvalue weighted by Gasteiger charge is 2.33. The molecule has 132 valence electrons. The zero-order valence-corrected chi connectivity index (χ0v) is 14.8. The molecule has 0 bridgehead atoms. The number of amides is 1. The molecule has 2 aliphatic heterocycles. The van der Waals surface area contributed by atoms with Crippen LogP contribution in [0.1, 0.15) is 6.42 Å². The molecule has 2 fully saturated rings. The van der Waals surface area contributed by atoms with E-state index >= 15 is 0 Å². The van der Waals surface area contributed by atoms with E-state index in [9.17, 15) is 13.2 Å². The number of rotatable bonds is 4. The second-order valence-corrected chi connectivity index (χ2v) is 8.74. The maximum atomic E-state index is 12.4. The molecule has 1 unspecified atom stereocenters. The van der Waals surface area contributed by atoms with Gasteiger partial charge in [0.1, 0.15) is 5.82 Å². The van der Waals surface area contributed by atoms with Gasteiger partial charge in [0.2, 0.25) is 5.91 Å². The maximum absolute atomic E-state index is 12.4. The number of carbonyl (C=O) groups is 1. The molecule has 1 amide bonds. The van der Waals surface area contributed by atoms with Crippen molar-refractivity contribution in [1.29, 1.82) is 0 Å². The van der Waals surface area contributed by atoms with Gasteiger partial charge in [-0.05, 0) is 18.6 Å². The fraction of sp³-hybridized carbons (Fsp3) is 0.625. The third-order valence-electron chi connectivity index (χ3n) is 4.85. The van der Waals surface area contributed by atoms with Gasteiger partial charge in [-0.25, -0.2) is 13.4 Å². The highest BCUT2D eigenvalue weighted by atomic mass is 32.2. The number of carbonyl (C=O) groups excluding carboxylic acids is 1. The van der Waals surface area contributed by atoms with E-state index in [1.165, 1.54) is 0 Å². The van der Waals surface area contributed by atoms with E-state index < -0.39 is 9.84 Å².